The third-order valence-corrected chi connectivity index (χ3v) is 2.74. The normalized spacial score (nSPS) is 11.8. The van der Waals surface area contributed by atoms with Crippen molar-refractivity contribution in [2.45, 2.75) is 6.04 Å². The van der Waals surface area contributed by atoms with Crippen molar-refractivity contribution >= 4 is 11.6 Å². The van der Waals surface area contributed by atoms with Gasteiger partial charge in [-0.15, -0.1) is 0 Å². The summed E-state index contributed by atoms with van der Waals surface area (Å²) in [6.45, 7) is -0.192. The molecular weight excluding hydrogens is 242 g/mol. The van der Waals surface area contributed by atoms with Crippen molar-refractivity contribution in [1.82, 2.24) is 10.3 Å². The second-order valence-corrected chi connectivity index (χ2v) is 4.06. The number of rotatable bonds is 4. The number of nitrogens with two attached hydrogens (primary N) is 1. The van der Waals surface area contributed by atoms with Gasteiger partial charge in [-0.3, -0.25) is 4.79 Å². The lowest BCUT2D eigenvalue weighted by atomic mass is 10.1. The van der Waals surface area contributed by atoms with E-state index in [-0.39, 0.29) is 12.3 Å². The molecule has 1 amide bonds. The second kappa shape index (κ2) is 5.97. The predicted octanol–water partition coefficient (Wildman–Crippen LogP) is 1.13. The Morgan fingerprint density at radius 1 is 1.26 bits per heavy atom. The summed E-state index contributed by atoms with van der Waals surface area (Å²) in [6, 6.07) is 12.0. The van der Waals surface area contributed by atoms with Crippen molar-refractivity contribution in [3.63, 3.8) is 0 Å². The maximum Gasteiger partial charge on any atom is 0.272 e. The summed E-state index contributed by atoms with van der Waals surface area (Å²) in [6.07, 6.45) is 1.50. The summed E-state index contributed by atoms with van der Waals surface area (Å²) < 4.78 is 0. The number of carbonyl (C=O) groups is 1. The molecule has 4 N–H and O–H groups in total. The van der Waals surface area contributed by atoms with Crippen LogP contribution >= 0.6 is 0 Å². The van der Waals surface area contributed by atoms with Crippen molar-refractivity contribution < 1.29 is 9.90 Å². The summed E-state index contributed by atoms with van der Waals surface area (Å²) in [5, 5.41) is 12.1. The highest BCUT2D eigenvalue weighted by atomic mass is 16.3. The van der Waals surface area contributed by atoms with Crippen LogP contribution in [0.5, 0.6) is 0 Å². The van der Waals surface area contributed by atoms with Gasteiger partial charge < -0.3 is 16.2 Å². The van der Waals surface area contributed by atoms with E-state index in [1.165, 1.54) is 6.20 Å². The standard InChI is InChI=1S/C14H15N3O2/c15-11-7-4-8-16-13(11)14(19)17-12(9-18)10-5-2-1-3-6-10/h1-8,12,18H,9,15H2,(H,17,19). The molecule has 0 saturated carbocycles. The van der Waals surface area contributed by atoms with Gasteiger partial charge in [0.05, 0.1) is 18.3 Å². The van der Waals surface area contributed by atoms with Crippen LogP contribution in [0.2, 0.25) is 0 Å². The number of hydrogen-bond donors (Lipinski definition) is 3. The van der Waals surface area contributed by atoms with E-state index in [1.54, 1.807) is 12.1 Å². The Hall–Kier alpha value is -2.40. The van der Waals surface area contributed by atoms with E-state index in [2.05, 4.69) is 10.3 Å². The van der Waals surface area contributed by atoms with Gasteiger partial charge in [0.1, 0.15) is 0 Å². The minimum Gasteiger partial charge on any atom is -0.397 e. The first-order valence-corrected chi connectivity index (χ1v) is 5.89. The average Bonchev–Trinajstić information content (AvgIpc) is 2.46. The first kappa shape index (κ1) is 13.0. The van der Waals surface area contributed by atoms with Crippen LogP contribution in [0.4, 0.5) is 5.69 Å². The third-order valence-electron chi connectivity index (χ3n) is 2.74. The molecule has 0 aliphatic heterocycles. The zero-order valence-corrected chi connectivity index (χ0v) is 10.3. The molecule has 0 bridgehead atoms. The molecule has 1 aromatic carbocycles. The van der Waals surface area contributed by atoms with Crippen LogP contribution in [-0.2, 0) is 0 Å². The lowest BCUT2D eigenvalue weighted by Gasteiger charge is -2.16. The number of amides is 1. The predicted molar refractivity (Wildman–Crippen MR) is 72.4 cm³/mol. The summed E-state index contributed by atoms with van der Waals surface area (Å²) in [4.78, 5) is 16.0. The van der Waals surface area contributed by atoms with Crippen molar-refractivity contribution in [3.05, 3.63) is 59.9 Å². The van der Waals surface area contributed by atoms with Gasteiger partial charge in [0.25, 0.3) is 5.91 Å². The molecule has 0 spiro atoms. The minimum atomic E-state index is -0.477. The average molecular weight is 257 g/mol. The number of hydrogen-bond acceptors (Lipinski definition) is 4. The fourth-order valence-corrected chi connectivity index (χ4v) is 1.75. The summed E-state index contributed by atoms with van der Waals surface area (Å²) >= 11 is 0. The van der Waals surface area contributed by atoms with Gasteiger partial charge in [0.2, 0.25) is 0 Å². The molecule has 0 aliphatic carbocycles. The molecule has 19 heavy (non-hydrogen) atoms. The Morgan fingerprint density at radius 3 is 2.63 bits per heavy atom. The maximum absolute atomic E-state index is 12.0. The summed E-state index contributed by atoms with van der Waals surface area (Å²) in [7, 11) is 0. The highest BCUT2D eigenvalue weighted by Gasteiger charge is 2.17. The molecule has 1 heterocycles. The molecule has 2 rings (SSSR count). The van der Waals surface area contributed by atoms with Crippen molar-refractivity contribution in [3.8, 4) is 0 Å². The van der Waals surface area contributed by atoms with E-state index in [0.717, 1.165) is 5.56 Å². The zero-order chi connectivity index (χ0) is 13.7. The van der Waals surface area contributed by atoms with Crippen LogP contribution in [0.15, 0.2) is 48.7 Å². The quantitative estimate of drug-likeness (QED) is 0.766. The van der Waals surface area contributed by atoms with Crippen molar-refractivity contribution in [2.24, 2.45) is 0 Å². The van der Waals surface area contributed by atoms with Crippen molar-refractivity contribution in [2.75, 3.05) is 12.3 Å². The van der Waals surface area contributed by atoms with Crippen molar-refractivity contribution in [1.29, 1.82) is 0 Å². The SMILES string of the molecule is Nc1cccnc1C(=O)NC(CO)c1ccccc1. The fourth-order valence-electron chi connectivity index (χ4n) is 1.75. The Kier molecular flexibility index (Phi) is 4.10. The molecule has 0 saturated heterocycles. The van der Waals surface area contributed by atoms with Crippen LogP contribution in [0, 0.1) is 0 Å². The molecule has 1 aromatic heterocycles. The van der Waals surface area contributed by atoms with Gasteiger partial charge in [-0.25, -0.2) is 4.98 Å². The topological polar surface area (TPSA) is 88.2 Å². The largest absolute Gasteiger partial charge is 0.397 e. The van der Waals surface area contributed by atoms with Crippen LogP contribution in [0.25, 0.3) is 0 Å². The Labute approximate surface area is 111 Å². The number of carbonyl (C=O) groups excluding carboxylic acids is 1. The van der Waals surface area contributed by atoms with E-state index in [0.29, 0.717) is 5.69 Å². The number of aliphatic hydroxyl groups is 1. The Bertz CT molecular complexity index is 558. The van der Waals surface area contributed by atoms with Crippen LogP contribution in [0.3, 0.4) is 0 Å². The number of nitrogen functional groups attached to an aromatic ring is 1. The highest BCUT2D eigenvalue weighted by Crippen LogP contribution is 2.14. The monoisotopic (exact) mass is 257 g/mol. The van der Waals surface area contributed by atoms with E-state index in [1.807, 2.05) is 30.3 Å². The lowest BCUT2D eigenvalue weighted by Crippen LogP contribution is -2.31. The van der Waals surface area contributed by atoms with Crippen LogP contribution < -0.4 is 11.1 Å². The summed E-state index contributed by atoms with van der Waals surface area (Å²) in [5.74, 6) is -0.402. The van der Waals surface area contributed by atoms with Crippen LogP contribution in [-0.4, -0.2) is 22.6 Å². The Morgan fingerprint density at radius 2 is 2.00 bits per heavy atom. The molecule has 5 heteroatoms. The van der Waals surface area contributed by atoms with E-state index in [4.69, 9.17) is 5.73 Å². The first-order valence-electron chi connectivity index (χ1n) is 5.89. The van der Waals surface area contributed by atoms with Gasteiger partial charge in [0.15, 0.2) is 5.69 Å². The molecule has 1 unspecified atom stereocenters. The molecule has 5 nitrogen and oxygen atoms in total. The molecule has 0 aliphatic rings. The zero-order valence-electron chi connectivity index (χ0n) is 10.3. The van der Waals surface area contributed by atoms with Gasteiger partial charge in [-0.2, -0.15) is 0 Å². The number of aliphatic hydroxyl groups excluding tert-OH is 1. The van der Waals surface area contributed by atoms with E-state index in [9.17, 15) is 9.90 Å². The molecule has 2 aromatic rings. The molecule has 1 atom stereocenters. The van der Waals surface area contributed by atoms with Gasteiger partial charge in [0, 0.05) is 6.20 Å². The first-order chi connectivity index (χ1) is 9.22. The minimum absolute atomic E-state index is 0.164. The number of nitrogens with one attached hydrogen (secondary N) is 1. The summed E-state index contributed by atoms with van der Waals surface area (Å²) in [5.41, 5.74) is 6.99. The molecule has 98 valence electrons. The maximum atomic E-state index is 12.0. The van der Waals surface area contributed by atoms with E-state index >= 15 is 0 Å². The van der Waals surface area contributed by atoms with Gasteiger partial charge in [-0.1, -0.05) is 30.3 Å². The number of anilines is 1. The molecular formula is C14H15N3O2. The molecule has 0 radical (unpaired) electrons. The van der Waals surface area contributed by atoms with Gasteiger partial charge >= 0.3 is 0 Å². The van der Waals surface area contributed by atoms with Crippen LogP contribution in [0.1, 0.15) is 22.1 Å². The van der Waals surface area contributed by atoms with Gasteiger partial charge in [-0.05, 0) is 17.7 Å². The number of benzene rings is 1. The fraction of sp³-hybridized carbons (Fsp3) is 0.143. The Balaban J connectivity index is 2.16. The number of nitrogens with zero attached hydrogens (tertiary/aromatic N) is 1. The second-order valence-electron chi connectivity index (χ2n) is 4.06. The lowest BCUT2D eigenvalue weighted by molar-refractivity contribution is 0.0912. The number of pyridine rings is 1. The highest BCUT2D eigenvalue weighted by molar-refractivity contribution is 5.97. The third kappa shape index (κ3) is 3.08. The van der Waals surface area contributed by atoms with E-state index < -0.39 is 11.9 Å². The number of aromatic nitrogens is 1. The molecule has 0 fully saturated rings. The smallest absolute Gasteiger partial charge is 0.272 e.